The third kappa shape index (κ3) is 4.25. The molecule has 30 heavy (non-hydrogen) atoms. The molecular formula is C23H23ClN2O4. The second kappa shape index (κ2) is 8.58. The van der Waals surface area contributed by atoms with Crippen LogP contribution in [0.2, 0.25) is 5.02 Å². The maximum Gasteiger partial charge on any atom is 0.261 e. The molecule has 0 spiro atoms. The van der Waals surface area contributed by atoms with Gasteiger partial charge in [-0.3, -0.25) is 19.3 Å². The predicted octanol–water partition coefficient (Wildman–Crippen LogP) is 3.48. The van der Waals surface area contributed by atoms with E-state index in [1.165, 1.54) is 11.0 Å². The van der Waals surface area contributed by atoms with Crippen LogP contribution in [0.5, 0.6) is 0 Å². The van der Waals surface area contributed by atoms with Gasteiger partial charge in [-0.25, -0.2) is 0 Å². The van der Waals surface area contributed by atoms with E-state index in [9.17, 15) is 14.4 Å². The molecule has 3 amide bonds. The van der Waals surface area contributed by atoms with Gasteiger partial charge in [0.15, 0.2) is 0 Å². The van der Waals surface area contributed by atoms with Crippen LogP contribution in [0.1, 0.15) is 56.4 Å². The van der Waals surface area contributed by atoms with Gasteiger partial charge < -0.3 is 10.1 Å². The van der Waals surface area contributed by atoms with E-state index in [1.54, 1.807) is 18.2 Å². The number of carbonyl (C=O) groups is 3. The van der Waals surface area contributed by atoms with Gasteiger partial charge in [0.1, 0.15) is 0 Å². The number of nitrogens with zero attached hydrogens (tertiary/aromatic N) is 1. The van der Waals surface area contributed by atoms with Crippen molar-refractivity contribution >= 4 is 29.3 Å². The molecule has 0 aromatic heterocycles. The Morgan fingerprint density at radius 3 is 2.73 bits per heavy atom. The first kappa shape index (κ1) is 20.6. The van der Waals surface area contributed by atoms with Gasteiger partial charge >= 0.3 is 0 Å². The fourth-order valence-corrected chi connectivity index (χ4v) is 4.18. The number of amides is 3. The minimum Gasteiger partial charge on any atom is -0.376 e. The molecule has 7 heteroatoms. The zero-order valence-corrected chi connectivity index (χ0v) is 17.4. The third-order valence-corrected chi connectivity index (χ3v) is 5.69. The first-order valence-corrected chi connectivity index (χ1v) is 10.5. The normalized spacial score (nSPS) is 19.1. The van der Waals surface area contributed by atoms with E-state index in [4.69, 9.17) is 16.3 Å². The van der Waals surface area contributed by atoms with Crippen molar-refractivity contribution in [1.82, 2.24) is 10.2 Å². The highest BCUT2D eigenvalue weighted by atomic mass is 35.5. The van der Waals surface area contributed by atoms with Gasteiger partial charge in [0, 0.05) is 23.2 Å². The molecule has 156 valence electrons. The van der Waals surface area contributed by atoms with Crippen LogP contribution in [0, 0.1) is 0 Å². The van der Waals surface area contributed by atoms with Gasteiger partial charge in [-0.2, -0.15) is 0 Å². The minimum atomic E-state index is -0.368. The van der Waals surface area contributed by atoms with Gasteiger partial charge in [0.2, 0.25) is 0 Å². The second-order valence-electron chi connectivity index (χ2n) is 7.82. The molecule has 0 saturated carbocycles. The molecule has 2 aliphatic heterocycles. The van der Waals surface area contributed by atoms with E-state index >= 15 is 0 Å². The number of nitrogens with one attached hydrogen (secondary N) is 1. The molecule has 2 aromatic rings. The summed E-state index contributed by atoms with van der Waals surface area (Å²) in [6.45, 7) is 2.82. The van der Waals surface area contributed by atoms with E-state index in [0.717, 1.165) is 18.4 Å². The van der Waals surface area contributed by atoms with Gasteiger partial charge in [-0.1, -0.05) is 23.7 Å². The first-order chi connectivity index (χ1) is 14.4. The van der Waals surface area contributed by atoms with E-state index in [1.807, 2.05) is 25.1 Å². The number of hydrogen-bond donors (Lipinski definition) is 1. The van der Waals surface area contributed by atoms with Crippen LogP contribution in [-0.4, -0.2) is 47.9 Å². The lowest BCUT2D eigenvalue weighted by molar-refractivity contribution is 0.0475. The van der Waals surface area contributed by atoms with Crippen LogP contribution in [0.25, 0.3) is 0 Å². The van der Waals surface area contributed by atoms with Crippen molar-refractivity contribution in [2.45, 2.75) is 38.3 Å². The summed E-state index contributed by atoms with van der Waals surface area (Å²) in [5.41, 5.74) is 1.98. The zero-order valence-electron chi connectivity index (χ0n) is 16.7. The van der Waals surface area contributed by atoms with E-state index in [2.05, 4.69) is 5.32 Å². The monoisotopic (exact) mass is 426 g/mol. The molecule has 1 fully saturated rings. The molecule has 2 aliphatic rings. The number of rotatable bonds is 6. The van der Waals surface area contributed by atoms with Crippen molar-refractivity contribution in [3.63, 3.8) is 0 Å². The number of halogens is 1. The molecule has 2 heterocycles. The summed E-state index contributed by atoms with van der Waals surface area (Å²) in [4.78, 5) is 39.3. The summed E-state index contributed by atoms with van der Waals surface area (Å²) >= 11 is 6.02. The van der Waals surface area contributed by atoms with Crippen molar-refractivity contribution < 1.29 is 19.1 Å². The highest BCUT2D eigenvalue weighted by Crippen LogP contribution is 2.26. The number of fused-ring (bicyclic) bond motifs is 1. The Morgan fingerprint density at radius 1 is 1.20 bits per heavy atom. The summed E-state index contributed by atoms with van der Waals surface area (Å²) in [5, 5.41) is 3.59. The Kier molecular flexibility index (Phi) is 5.88. The van der Waals surface area contributed by atoms with Gasteiger partial charge in [-0.05, 0) is 62.1 Å². The minimum absolute atomic E-state index is 0.109. The number of benzene rings is 2. The van der Waals surface area contributed by atoms with Crippen molar-refractivity contribution in [2.75, 3.05) is 13.2 Å². The Hall–Kier alpha value is -2.70. The Balaban J connectivity index is 1.44. The largest absolute Gasteiger partial charge is 0.376 e. The molecule has 2 atom stereocenters. The van der Waals surface area contributed by atoms with E-state index < -0.39 is 0 Å². The lowest BCUT2D eigenvalue weighted by Gasteiger charge is -2.17. The van der Waals surface area contributed by atoms with Crippen molar-refractivity contribution in [3.8, 4) is 0 Å². The molecule has 0 aliphatic carbocycles. The second-order valence-corrected chi connectivity index (χ2v) is 8.26. The highest BCUT2D eigenvalue weighted by molar-refractivity contribution is 6.30. The fourth-order valence-electron chi connectivity index (χ4n) is 3.97. The summed E-state index contributed by atoms with van der Waals surface area (Å²) < 4.78 is 5.55. The SMILES string of the molecule is C[C@@H](Cc1cccc(Cl)c1)NC(=O)c1ccc2c(c1)C(=O)N(C[C@@H]1CCCO1)C2=O. The summed E-state index contributed by atoms with van der Waals surface area (Å²) in [6.07, 6.45) is 2.29. The number of imide groups is 1. The number of carbonyl (C=O) groups excluding carboxylic acids is 3. The molecule has 1 saturated heterocycles. The molecule has 2 aromatic carbocycles. The van der Waals surface area contributed by atoms with Crippen LogP contribution in [0.15, 0.2) is 42.5 Å². The maximum atomic E-state index is 12.8. The van der Waals surface area contributed by atoms with Crippen molar-refractivity contribution in [1.29, 1.82) is 0 Å². The molecular weight excluding hydrogens is 404 g/mol. The topological polar surface area (TPSA) is 75.7 Å². The molecule has 6 nitrogen and oxygen atoms in total. The third-order valence-electron chi connectivity index (χ3n) is 5.45. The molecule has 1 N–H and O–H groups in total. The maximum absolute atomic E-state index is 12.8. The lowest BCUT2D eigenvalue weighted by atomic mass is 10.0. The van der Waals surface area contributed by atoms with E-state index in [0.29, 0.717) is 29.2 Å². The zero-order chi connectivity index (χ0) is 21.3. The molecule has 0 bridgehead atoms. The van der Waals surface area contributed by atoms with Crippen molar-refractivity contribution in [2.24, 2.45) is 0 Å². The molecule has 0 radical (unpaired) electrons. The summed E-state index contributed by atoms with van der Waals surface area (Å²) in [7, 11) is 0. The van der Waals surface area contributed by atoms with Crippen LogP contribution in [0.4, 0.5) is 0 Å². The fraction of sp³-hybridized carbons (Fsp3) is 0.348. The Bertz CT molecular complexity index is 1000. The molecule has 4 rings (SSSR count). The number of hydrogen-bond acceptors (Lipinski definition) is 4. The van der Waals surface area contributed by atoms with Crippen LogP contribution in [0.3, 0.4) is 0 Å². The quantitative estimate of drug-likeness (QED) is 0.717. The average molecular weight is 427 g/mol. The summed E-state index contributed by atoms with van der Waals surface area (Å²) in [5.74, 6) is -0.982. The van der Waals surface area contributed by atoms with Gasteiger partial charge in [-0.15, -0.1) is 0 Å². The van der Waals surface area contributed by atoms with Gasteiger partial charge in [0.25, 0.3) is 17.7 Å². The van der Waals surface area contributed by atoms with Crippen LogP contribution in [-0.2, 0) is 11.2 Å². The Labute approximate surface area is 180 Å². The van der Waals surface area contributed by atoms with Crippen molar-refractivity contribution in [3.05, 3.63) is 69.7 Å². The standard InChI is InChI=1S/C23H23ClN2O4/c1-14(10-15-4-2-5-17(24)11-15)25-21(27)16-7-8-19-20(12-16)23(29)26(22(19)28)13-18-6-3-9-30-18/h2,4-5,7-8,11-12,14,18H,3,6,9-10,13H2,1H3,(H,25,27)/t14-,18-/m0/s1. The Morgan fingerprint density at radius 2 is 2.00 bits per heavy atom. The van der Waals surface area contributed by atoms with E-state index in [-0.39, 0.29) is 42.0 Å². The molecule has 0 unspecified atom stereocenters. The van der Waals surface area contributed by atoms with Gasteiger partial charge in [0.05, 0.1) is 23.8 Å². The predicted molar refractivity (Wildman–Crippen MR) is 113 cm³/mol. The smallest absolute Gasteiger partial charge is 0.261 e. The highest BCUT2D eigenvalue weighted by Gasteiger charge is 2.38. The van der Waals surface area contributed by atoms with Crippen LogP contribution < -0.4 is 5.32 Å². The average Bonchev–Trinajstić information content (AvgIpc) is 3.31. The lowest BCUT2D eigenvalue weighted by Crippen LogP contribution is -2.36. The summed E-state index contributed by atoms with van der Waals surface area (Å²) in [6, 6.07) is 12.0. The van der Waals surface area contributed by atoms with Crippen LogP contribution >= 0.6 is 11.6 Å². The number of ether oxygens (including phenoxy) is 1. The first-order valence-electron chi connectivity index (χ1n) is 10.1.